The predicted octanol–water partition coefficient (Wildman–Crippen LogP) is 4.58. The van der Waals surface area contributed by atoms with E-state index in [1.54, 1.807) is 42.7 Å². The van der Waals surface area contributed by atoms with Crippen LogP contribution >= 0.6 is 11.3 Å². The molecular formula is C20H19NO2S. The number of benzene rings is 2. The van der Waals surface area contributed by atoms with Crippen molar-refractivity contribution in [3.8, 4) is 5.75 Å². The Morgan fingerprint density at radius 3 is 2.33 bits per heavy atom. The largest absolute Gasteiger partial charge is 0.497 e. The fourth-order valence-electron chi connectivity index (χ4n) is 2.49. The van der Waals surface area contributed by atoms with Crippen molar-refractivity contribution >= 4 is 17.2 Å². The zero-order valence-electron chi connectivity index (χ0n) is 13.7. The molecule has 0 aliphatic rings. The molecule has 0 saturated heterocycles. The van der Waals surface area contributed by atoms with Crippen molar-refractivity contribution in [1.29, 1.82) is 0 Å². The third kappa shape index (κ3) is 3.66. The first-order chi connectivity index (χ1) is 11.7. The molecule has 0 spiro atoms. The first kappa shape index (κ1) is 16.3. The maximum Gasteiger partial charge on any atom is 0.252 e. The molecule has 0 aliphatic heterocycles. The zero-order valence-corrected chi connectivity index (χ0v) is 14.5. The third-order valence-corrected chi connectivity index (χ3v) is 4.80. The van der Waals surface area contributed by atoms with Gasteiger partial charge >= 0.3 is 0 Å². The van der Waals surface area contributed by atoms with Crippen LogP contribution in [0.5, 0.6) is 5.75 Å². The second-order valence-corrected chi connectivity index (χ2v) is 6.54. The molecule has 0 radical (unpaired) electrons. The Morgan fingerprint density at radius 2 is 1.75 bits per heavy atom. The van der Waals surface area contributed by atoms with Crippen molar-refractivity contribution in [3.63, 3.8) is 0 Å². The van der Waals surface area contributed by atoms with Gasteiger partial charge in [0.25, 0.3) is 5.91 Å². The van der Waals surface area contributed by atoms with E-state index in [0.29, 0.717) is 5.56 Å². The molecule has 1 aromatic heterocycles. The second kappa shape index (κ2) is 7.32. The van der Waals surface area contributed by atoms with Gasteiger partial charge in [-0.05, 0) is 48.2 Å². The van der Waals surface area contributed by atoms with Crippen molar-refractivity contribution in [2.75, 3.05) is 7.11 Å². The van der Waals surface area contributed by atoms with Crippen LogP contribution < -0.4 is 10.1 Å². The van der Waals surface area contributed by atoms with E-state index in [1.807, 2.05) is 17.5 Å². The van der Waals surface area contributed by atoms with Crippen molar-refractivity contribution in [3.05, 3.63) is 87.6 Å². The lowest BCUT2D eigenvalue weighted by Gasteiger charge is -2.18. The summed E-state index contributed by atoms with van der Waals surface area (Å²) in [5.41, 5.74) is 2.89. The molecule has 1 N–H and O–H groups in total. The van der Waals surface area contributed by atoms with Gasteiger partial charge in [-0.3, -0.25) is 4.79 Å². The minimum Gasteiger partial charge on any atom is -0.497 e. The third-order valence-electron chi connectivity index (χ3n) is 3.87. The summed E-state index contributed by atoms with van der Waals surface area (Å²) in [4.78, 5) is 13.8. The number of hydrogen-bond donors (Lipinski definition) is 1. The molecule has 24 heavy (non-hydrogen) atoms. The second-order valence-electron chi connectivity index (χ2n) is 5.56. The molecule has 0 unspecified atom stereocenters. The fourth-order valence-corrected chi connectivity index (χ4v) is 3.29. The van der Waals surface area contributed by atoms with Gasteiger partial charge in [-0.25, -0.2) is 0 Å². The van der Waals surface area contributed by atoms with E-state index in [9.17, 15) is 4.79 Å². The lowest BCUT2D eigenvalue weighted by Crippen LogP contribution is -2.28. The Balaban J connectivity index is 1.86. The first-order valence-electron chi connectivity index (χ1n) is 7.72. The summed E-state index contributed by atoms with van der Waals surface area (Å²) in [7, 11) is 1.61. The molecule has 0 aliphatic carbocycles. The van der Waals surface area contributed by atoms with Gasteiger partial charge in [0.05, 0.1) is 13.2 Å². The number of carbonyl (C=O) groups excluding carboxylic acids is 1. The summed E-state index contributed by atoms with van der Waals surface area (Å²) in [5, 5.41) is 5.16. The van der Waals surface area contributed by atoms with Crippen LogP contribution in [0.4, 0.5) is 0 Å². The average molecular weight is 337 g/mol. The van der Waals surface area contributed by atoms with Gasteiger partial charge in [0.2, 0.25) is 0 Å². The van der Waals surface area contributed by atoms with Crippen LogP contribution in [0.3, 0.4) is 0 Å². The smallest absolute Gasteiger partial charge is 0.252 e. The standard InChI is InChI=1S/C20H19NO2S/c1-14-5-7-15(8-6-14)19(18-4-3-13-24-18)21-20(22)16-9-11-17(23-2)12-10-16/h3-13,19H,1-2H3,(H,21,22)/t19-/m1/s1. The van der Waals surface area contributed by atoms with Gasteiger partial charge in [-0.15, -0.1) is 11.3 Å². The number of carbonyl (C=O) groups is 1. The van der Waals surface area contributed by atoms with Crippen molar-refractivity contribution in [2.45, 2.75) is 13.0 Å². The van der Waals surface area contributed by atoms with Crippen LogP contribution in [0.25, 0.3) is 0 Å². The Morgan fingerprint density at radius 1 is 1.04 bits per heavy atom. The van der Waals surface area contributed by atoms with E-state index < -0.39 is 0 Å². The summed E-state index contributed by atoms with van der Waals surface area (Å²) in [6.45, 7) is 2.06. The Labute approximate surface area is 145 Å². The molecule has 1 amide bonds. The maximum absolute atomic E-state index is 12.6. The number of aryl methyl sites for hydroxylation is 1. The highest BCUT2D eigenvalue weighted by molar-refractivity contribution is 7.10. The van der Waals surface area contributed by atoms with Crippen molar-refractivity contribution in [1.82, 2.24) is 5.32 Å². The SMILES string of the molecule is COc1ccc(C(=O)N[C@H](c2ccc(C)cc2)c2cccs2)cc1. The quantitative estimate of drug-likeness (QED) is 0.740. The summed E-state index contributed by atoms with van der Waals surface area (Å²) >= 11 is 1.64. The van der Waals surface area contributed by atoms with Gasteiger partial charge in [0, 0.05) is 10.4 Å². The zero-order chi connectivity index (χ0) is 16.9. The number of rotatable bonds is 5. The normalized spacial score (nSPS) is 11.8. The molecule has 0 bridgehead atoms. The van der Waals surface area contributed by atoms with Crippen LogP contribution in [0.2, 0.25) is 0 Å². The summed E-state index contributed by atoms with van der Waals surface area (Å²) in [6, 6.07) is 19.3. The highest BCUT2D eigenvalue weighted by Gasteiger charge is 2.18. The van der Waals surface area contributed by atoms with Gasteiger partial charge in [0.1, 0.15) is 5.75 Å². The molecule has 122 valence electrons. The van der Waals surface area contributed by atoms with E-state index in [-0.39, 0.29) is 11.9 Å². The van der Waals surface area contributed by atoms with Crippen LogP contribution in [0.15, 0.2) is 66.0 Å². The predicted molar refractivity (Wildman–Crippen MR) is 97.8 cm³/mol. The Kier molecular flexibility index (Phi) is 4.96. The van der Waals surface area contributed by atoms with Crippen LogP contribution in [0, 0.1) is 6.92 Å². The molecule has 4 heteroatoms. The highest BCUT2D eigenvalue weighted by Crippen LogP contribution is 2.27. The van der Waals surface area contributed by atoms with Gasteiger partial charge < -0.3 is 10.1 Å². The number of hydrogen-bond acceptors (Lipinski definition) is 3. The van der Waals surface area contributed by atoms with E-state index in [4.69, 9.17) is 4.74 Å². The van der Waals surface area contributed by atoms with Crippen molar-refractivity contribution < 1.29 is 9.53 Å². The van der Waals surface area contributed by atoms with Crippen LogP contribution in [-0.4, -0.2) is 13.0 Å². The summed E-state index contributed by atoms with van der Waals surface area (Å²) in [6.07, 6.45) is 0. The molecule has 3 aromatic rings. The average Bonchev–Trinajstić information content (AvgIpc) is 3.15. The van der Waals surface area contributed by atoms with Crippen LogP contribution in [-0.2, 0) is 0 Å². The molecule has 0 saturated carbocycles. The lowest BCUT2D eigenvalue weighted by atomic mass is 10.0. The van der Waals surface area contributed by atoms with E-state index >= 15 is 0 Å². The van der Waals surface area contributed by atoms with Crippen molar-refractivity contribution in [2.24, 2.45) is 0 Å². The van der Waals surface area contributed by atoms with Gasteiger partial charge in [-0.1, -0.05) is 35.9 Å². The minimum atomic E-state index is -0.153. The Bertz CT molecular complexity index is 793. The molecule has 1 atom stereocenters. The topological polar surface area (TPSA) is 38.3 Å². The molecule has 3 nitrogen and oxygen atoms in total. The lowest BCUT2D eigenvalue weighted by molar-refractivity contribution is 0.0943. The molecule has 0 fully saturated rings. The monoisotopic (exact) mass is 337 g/mol. The fraction of sp³-hybridized carbons (Fsp3) is 0.150. The van der Waals surface area contributed by atoms with Gasteiger partial charge in [-0.2, -0.15) is 0 Å². The van der Waals surface area contributed by atoms with E-state index in [1.165, 1.54) is 5.56 Å². The molecule has 2 aromatic carbocycles. The minimum absolute atomic E-state index is 0.100. The maximum atomic E-state index is 12.6. The number of methoxy groups -OCH3 is 1. The number of nitrogens with one attached hydrogen (secondary N) is 1. The van der Waals surface area contributed by atoms with E-state index in [2.05, 4.69) is 36.5 Å². The summed E-state index contributed by atoms with van der Waals surface area (Å²) in [5.74, 6) is 0.636. The van der Waals surface area contributed by atoms with Gasteiger partial charge in [0.15, 0.2) is 0 Å². The molecule has 3 rings (SSSR count). The van der Waals surface area contributed by atoms with E-state index in [0.717, 1.165) is 16.2 Å². The number of ether oxygens (including phenoxy) is 1. The molecular weight excluding hydrogens is 318 g/mol. The number of thiophene rings is 1. The highest BCUT2D eigenvalue weighted by atomic mass is 32.1. The summed E-state index contributed by atoms with van der Waals surface area (Å²) < 4.78 is 5.14. The first-order valence-corrected chi connectivity index (χ1v) is 8.60. The Hall–Kier alpha value is -2.59. The van der Waals surface area contributed by atoms with Crippen LogP contribution in [0.1, 0.15) is 32.4 Å². The molecule has 1 heterocycles. The number of amides is 1.